The second-order valence-corrected chi connectivity index (χ2v) is 3.48. The molecule has 62 valence electrons. The summed E-state index contributed by atoms with van der Waals surface area (Å²) < 4.78 is 0. The number of hydrogen-bond donors (Lipinski definition) is 2. The SMILES string of the molecule is C1=C(CNC2CC2)CNCC1. The highest BCUT2D eigenvalue weighted by atomic mass is 15.0. The molecule has 1 saturated carbocycles. The molecular formula is C9H16N2. The van der Waals surface area contributed by atoms with E-state index in [1.807, 2.05) is 0 Å². The van der Waals surface area contributed by atoms with Gasteiger partial charge in [-0.2, -0.15) is 0 Å². The normalized spacial score (nSPS) is 24.9. The van der Waals surface area contributed by atoms with Crippen molar-refractivity contribution in [3.8, 4) is 0 Å². The molecule has 0 spiro atoms. The van der Waals surface area contributed by atoms with E-state index in [1.54, 1.807) is 5.57 Å². The van der Waals surface area contributed by atoms with Gasteiger partial charge >= 0.3 is 0 Å². The molecular weight excluding hydrogens is 136 g/mol. The third-order valence-electron chi connectivity index (χ3n) is 2.30. The fourth-order valence-electron chi connectivity index (χ4n) is 1.40. The van der Waals surface area contributed by atoms with Gasteiger partial charge in [-0.15, -0.1) is 0 Å². The van der Waals surface area contributed by atoms with Gasteiger partial charge in [0, 0.05) is 19.1 Å². The van der Waals surface area contributed by atoms with Crippen LogP contribution in [0.1, 0.15) is 19.3 Å². The molecule has 1 aliphatic heterocycles. The summed E-state index contributed by atoms with van der Waals surface area (Å²) in [4.78, 5) is 0. The first-order valence-electron chi connectivity index (χ1n) is 4.57. The summed E-state index contributed by atoms with van der Waals surface area (Å²) in [6, 6.07) is 0.845. The molecule has 0 aromatic heterocycles. The first-order valence-corrected chi connectivity index (χ1v) is 4.57. The van der Waals surface area contributed by atoms with Crippen molar-refractivity contribution in [2.75, 3.05) is 19.6 Å². The van der Waals surface area contributed by atoms with Gasteiger partial charge in [-0.25, -0.2) is 0 Å². The summed E-state index contributed by atoms with van der Waals surface area (Å²) in [5.41, 5.74) is 1.54. The van der Waals surface area contributed by atoms with Gasteiger partial charge in [0.1, 0.15) is 0 Å². The van der Waals surface area contributed by atoms with Gasteiger partial charge in [0.05, 0.1) is 0 Å². The fraction of sp³-hybridized carbons (Fsp3) is 0.778. The van der Waals surface area contributed by atoms with Crippen LogP contribution in [0.25, 0.3) is 0 Å². The van der Waals surface area contributed by atoms with Gasteiger partial charge < -0.3 is 10.6 Å². The first kappa shape index (κ1) is 7.32. The maximum absolute atomic E-state index is 3.52. The van der Waals surface area contributed by atoms with E-state index in [2.05, 4.69) is 16.7 Å². The van der Waals surface area contributed by atoms with Crippen LogP contribution < -0.4 is 10.6 Å². The number of hydrogen-bond acceptors (Lipinski definition) is 2. The van der Waals surface area contributed by atoms with Crippen molar-refractivity contribution in [3.05, 3.63) is 11.6 Å². The summed E-state index contributed by atoms with van der Waals surface area (Å²) >= 11 is 0. The molecule has 1 fully saturated rings. The van der Waals surface area contributed by atoms with Gasteiger partial charge in [0.25, 0.3) is 0 Å². The zero-order valence-electron chi connectivity index (χ0n) is 6.90. The monoisotopic (exact) mass is 152 g/mol. The van der Waals surface area contributed by atoms with Crippen molar-refractivity contribution in [2.45, 2.75) is 25.3 Å². The van der Waals surface area contributed by atoms with Gasteiger partial charge in [-0.05, 0) is 31.4 Å². The Bertz CT molecular complexity index is 159. The first-order chi connectivity index (χ1) is 5.45. The van der Waals surface area contributed by atoms with E-state index >= 15 is 0 Å². The van der Waals surface area contributed by atoms with Gasteiger partial charge in [0.2, 0.25) is 0 Å². The van der Waals surface area contributed by atoms with Crippen molar-refractivity contribution in [1.82, 2.24) is 10.6 Å². The largest absolute Gasteiger partial charge is 0.313 e. The molecule has 0 unspecified atom stereocenters. The number of nitrogens with one attached hydrogen (secondary N) is 2. The summed E-state index contributed by atoms with van der Waals surface area (Å²) in [6.07, 6.45) is 6.36. The smallest absolute Gasteiger partial charge is 0.0179 e. The third-order valence-corrected chi connectivity index (χ3v) is 2.30. The maximum atomic E-state index is 3.52. The van der Waals surface area contributed by atoms with Crippen LogP contribution >= 0.6 is 0 Å². The summed E-state index contributed by atoms with van der Waals surface area (Å²) in [5, 5.41) is 6.89. The maximum Gasteiger partial charge on any atom is 0.0179 e. The Hall–Kier alpha value is -0.340. The van der Waals surface area contributed by atoms with Crippen molar-refractivity contribution < 1.29 is 0 Å². The minimum Gasteiger partial charge on any atom is -0.313 e. The van der Waals surface area contributed by atoms with Crippen LogP contribution in [-0.4, -0.2) is 25.7 Å². The summed E-state index contributed by atoms with van der Waals surface area (Å²) in [5.74, 6) is 0. The lowest BCUT2D eigenvalue weighted by molar-refractivity contribution is 0.650. The molecule has 2 rings (SSSR count). The Balaban J connectivity index is 1.70. The Morgan fingerprint density at radius 2 is 2.45 bits per heavy atom. The highest BCUT2D eigenvalue weighted by Gasteiger charge is 2.20. The minimum atomic E-state index is 0.845. The van der Waals surface area contributed by atoms with E-state index in [-0.39, 0.29) is 0 Å². The van der Waals surface area contributed by atoms with Crippen molar-refractivity contribution in [2.24, 2.45) is 0 Å². The highest BCUT2D eigenvalue weighted by Crippen LogP contribution is 2.18. The Morgan fingerprint density at radius 1 is 1.55 bits per heavy atom. The fourth-order valence-corrected chi connectivity index (χ4v) is 1.40. The second kappa shape index (κ2) is 3.37. The van der Waals surface area contributed by atoms with E-state index in [0.717, 1.165) is 25.7 Å². The molecule has 0 bridgehead atoms. The molecule has 0 saturated heterocycles. The average Bonchev–Trinajstić information content (AvgIpc) is 2.86. The van der Waals surface area contributed by atoms with Crippen molar-refractivity contribution in [3.63, 3.8) is 0 Å². The van der Waals surface area contributed by atoms with E-state index < -0.39 is 0 Å². The Labute approximate surface area is 68.1 Å². The zero-order valence-corrected chi connectivity index (χ0v) is 6.90. The molecule has 2 heteroatoms. The van der Waals surface area contributed by atoms with E-state index in [0.29, 0.717) is 0 Å². The second-order valence-electron chi connectivity index (χ2n) is 3.48. The van der Waals surface area contributed by atoms with Crippen molar-refractivity contribution in [1.29, 1.82) is 0 Å². The minimum absolute atomic E-state index is 0.845. The number of rotatable bonds is 3. The van der Waals surface area contributed by atoms with Gasteiger partial charge in [0.15, 0.2) is 0 Å². The Morgan fingerprint density at radius 3 is 3.09 bits per heavy atom. The molecule has 2 N–H and O–H groups in total. The van der Waals surface area contributed by atoms with Crippen molar-refractivity contribution >= 4 is 0 Å². The summed E-state index contributed by atoms with van der Waals surface area (Å²) in [7, 11) is 0. The van der Waals surface area contributed by atoms with E-state index in [1.165, 1.54) is 19.3 Å². The van der Waals surface area contributed by atoms with Gasteiger partial charge in [-0.1, -0.05) is 6.08 Å². The molecule has 2 aliphatic rings. The molecule has 0 aromatic rings. The topological polar surface area (TPSA) is 24.1 Å². The lowest BCUT2D eigenvalue weighted by atomic mass is 10.1. The van der Waals surface area contributed by atoms with E-state index in [9.17, 15) is 0 Å². The van der Waals surface area contributed by atoms with Crippen LogP contribution in [0.3, 0.4) is 0 Å². The van der Waals surface area contributed by atoms with Crippen LogP contribution in [-0.2, 0) is 0 Å². The Kier molecular flexibility index (Phi) is 2.24. The molecule has 2 nitrogen and oxygen atoms in total. The van der Waals surface area contributed by atoms with Crippen LogP contribution in [0, 0.1) is 0 Å². The predicted molar refractivity (Wildman–Crippen MR) is 46.6 cm³/mol. The predicted octanol–water partition coefficient (Wildman–Crippen LogP) is 0.658. The van der Waals surface area contributed by atoms with Crippen LogP contribution in [0.15, 0.2) is 11.6 Å². The molecule has 1 aliphatic carbocycles. The highest BCUT2D eigenvalue weighted by molar-refractivity contribution is 5.10. The third kappa shape index (κ3) is 2.31. The van der Waals surface area contributed by atoms with Crippen LogP contribution in [0.2, 0.25) is 0 Å². The molecule has 0 amide bonds. The molecule has 0 aromatic carbocycles. The van der Waals surface area contributed by atoms with Gasteiger partial charge in [-0.3, -0.25) is 0 Å². The lowest BCUT2D eigenvalue weighted by Crippen LogP contribution is -2.29. The standard InChI is InChI=1S/C9H16N2/c1-2-8(6-10-5-1)7-11-9-3-4-9/h2,9-11H,1,3-7H2. The quantitative estimate of drug-likeness (QED) is 0.580. The summed E-state index contributed by atoms with van der Waals surface area (Å²) in [6.45, 7) is 3.37. The molecule has 1 heterocycles. The lowest BCUT2D eigenvalue weighted by Gasteiger charge is -2.14. The average molecular weight is 152 g/mol. The van der Waals surface area contributed by atoms with Crippen LogP contribution in [0.5, 0.6) is 0 Å². The molecule has 0 radical (unpaired) electrons. The zero-order chi connectivity index (χ0) is 7.52. The van der Waals surface area contributed by atoms with Crippen LogP contribution in [0.4, 0.5) is 0 Å². The molecule has 11 heavy (non-hydrogen) atoms. The van der Waals surface area contributed by atoms with E-state index in [4.69, 9.17) is 0 Å². The molecule has 0 atom stereocenters.